The first-order valence-electron chi connectivity index (χ1n) is 10.6. The summed E-state index contributed by atoms with van der Waals surface area (Å²) in [5.74, 6) is 0.641. The van der Waals surface area contributed by atoms with Crippen molar-refractivity contribution in [3.8, 4) is 5.75 Å². The van der Waals surface area contributed by atoms with Crippen molar-refractivity contribution in [3.05, 3.63) is 82.2 Å². The fourth-order valence-electron chi connectivity index (χ4n) is 4.71. The second-order valence-electron chi connectivity index (χ2n) is 8.26. The quantitative estimate of drug-likeness (QED) is 0.683. The third-order valence-electron chi connectivity index (χ3n) is 6.22. The van der Waals surface area contributed by atoms with Gasteiger partial charge in [0, 0.05) is 36.8 Å². The molecule has 0 spiro atoms. The SMILES string of the molecule is COc1ccc(C(=O)N2C[C@@H]3C[C@H](C2)c2ccc(NC(=O)c4ccco4)c(=O)n2C3)cc1. The Morgan fingerprint density at radius 2 is 1.88 bits per heavy atom. The van der Waals surface area contributed by atoms with Gasteiger partial charge in [-0.15, -0.1) is 0 Å². The lowest BCUT2D eigenvalue weighted by Gasteiger charge is -2.43. The highest BCUT2D eigenvalue weighted by atomic mass is 16.5. The van der Waals surface area contributed by atoms with Gasteiger partial charge in [0.25, 0.3) is 17.4 Å². The summed E-state index contributed by atoms with van der Waals surface area (Å²) in [7, 11) is 1.59. The zero-order chi connectivity index (χ0) is 22.2. The zero-order valence-corrected chi connectivity index (χ0v) is 17.6. The molecule has 3 aromatic rings. The number of pyridine rings is 1. The summed E-state index contributed by atoms with van der Waals surface area (Å²) < 4.78 is 12.0. The monoisotopic (exact) mass is 433 g/mol. The molecule has 8 nitrogen and oxygen atoms in total. The molecule has 2 aliphatic heterocycles. The van der Waals surface area contributed by atoms with Crippen molar-refractivity contribution < 1.29 is 18.7 Å². The molecule has 2 aromatic heterocycles. The summed E-state index contributed by atoms with van der Waals surface area (Å²) in [6, 6.07) is 13.8. The van der Waals surface area contributed by atoms with Gasteiger partial charge in [-0.2, -0.15) is 0 Å². The van der Waals surface area contributed by atoms with Crippen molar-refractivity contribution in [2.75, 3.05) is 25.5 Å². The van der Waals surface area contributed by atoms with Crippen LogP contribution in [-0.4, -0.2) is 41.5 Å². The minimum atomic E-state index is -0.458. The van der Waals surface area contributed by atoms with Crippen LogP contribution in [0.2, 0.25) is 0 Å². The number of hydrogen-bond donors (Lipinski definition) is 1. The van der Waals surface area contributed by atoms with Crippen LogP contribution in [-0.2, 0) is 6.54 Å². The Kier molecular flexibility index (Phi) is 5.05. The molecule has 0 saturated carbocycles. The molecule has 1 aromatic carbocycles. The van der Waals surface area contributed by atoms with Gasteiger partial charge in [0.05, 0.1) is 13.4 Å². The van der Waals surface area contributed by atoms with Crippen molar-refractivity contribution in [2.24, 2.45) is 5.92 Å². The number of likely N-dealkylation sites (tertiary alicyclic amines) is 1. The van der Waals surface area contributed by atoms with Gasteiger partial charge in [-0.3, -0.25) is 14.4 Å². The molecule has 4 heterocycles. The molecular weight excluding hydrogens is 410 g/mol. The molecule has 1 N–H and O–H groups in total. The lowest BCUT2D eigenvalue weighted by Crippen LogP contribution is -2.49. The molecular formula is C24H23N3O5. The first kappa shape index (κ1) is 20.1. The number of ether oxygens (including phenoxy) is 1. The highest BCUT2D eigenvalue weighted by Gasteiger charge is 2.37. The van der Waals surface area contributed by atoms with Crippen LogP contribution < -0.4 is 15.6 Å². The molecule has 32 heavy (non-hydrogen) atoms. The lowest BCUT2D eigenvalue weighted by atomic mass is 9.83. The number of anilines is 1. The van der Waals surface area contributed by atoms with Gasteiger partial charge in [0.15, 0.2) is 5.76 Å². The van der Waals surface area contributed by atoms with Crippen LogP contribution in [0.15, 0.2) is 64.0 Å². The van der Waals surface area contributed by atoms with Crippen LogP contribution in [0.4, 0.5) is 5.69 Å². The molecule has 2 amide bonds. The Balaban J connectivity index is 1.36. The van der Waals surface area contributed by atoms with Crippen LogP contribution in [0.5, 0.6) is 5.75 Å². The molecule has 2 atom stereocenters. The predicted octanol–water partition coefficient (Wildman–Crippen LogP) is 2.96. The van der Waals surface area contributed by atoms with E-state index in [9.17, 15) is 14.4 Å². The van der Waals surface area contributed by atoms with E-state index in [4.69, 9.17) is 9.15 Å². The lowest BCUT2D eigenvalue weighted by molar-refractivity contribution is 0.0594. The summed E-state index contributed by atoms with van der Waals surface area (Å²) in [6.07, 6.45) is 2.35. The van der Waals surface area contributed by atoms with E-state index in [-0.39, 0.29) is 34.7 Å². The Bertz CT molecular complexity index is 1210. The number of piperidine rings is 1. The number of hydrogen-bond acceptors (Lipinski definition) is 5. The van der Waals surface area contributed by atoms with Crippen LogP contribution in [0.3, 0.4) is 0 Å². The van der Waals surface area contributed by atoms with Gasteiger partial charge in [0.1, 0.15) is 11.4 Å². The van der Waals surface area contributed by atoms with Crippen LogP contribution in [0.1, 0.15) is 38.9 Å². The zero-order valence-electron chi connectivity index (χ0n) is 17.6. The topological polar surface area (TPSA) is 93.8 Å². The fraction of sp³-hybridized carbons (Fsp3) is 0.292. The molecule has 0 radical (unpaired) electrons. The van der Waals surface area contributed by atoms with E-state index in [0.717, 1.165) is 12.1 Å². The average Bonchev–Trinajstić information content (AvgIpc) is 3.36. The average molecular weight is 433 g/mol. The highest BCUT2D eigenvalue weighted by molar-refractivity contribution is 6.02. The largest absolute Gasteiger partial charge is 0.497 e. The molecule has 1 saturated heterocycles. The molecule has 164 valence electrons. The first-order valence-corrected chi connectivity index (χ1v) is 10.6. The first-order chi connectivity index (χ1) is 15.5. The second kappa shape index (κ2) is 8.03. The normalized spacial score (nSPS) is 19.2. The smallest absolute Gasteiger partial charge is 0.291 e. The van der Waals surface area contributed by atoms with Crippen LogP contribution >= 0.6 is 0 Å². The van der Waals surface area contributed by atoms with Crippen molar-refractivity contribution in [1.82, 2.24) is 9.47 Å². The number of rotatable bonds is 4. The van der Waals surface area contributed by atoms with Crippen molar-refractivity contribution in [3.63, 3.8) is 0 Å². The van der Waals surface area contributed by atoms with E-state index in [1.165, 1.54) is 6.26 Å². The second-order valence-corrected chi connectivity index (χ2v) is 8.26. The van der Waals surface area contributed by atoms with Gasteiger partial charge in [-0.25, -0.2) is 0 Å². The molecule has 5 rings (SSSR count). The molecule has 0 aliphatic carbocycles. The Hall–Kier alpha value is -3.81. The van der Waals surface area contributed by atoms with E-state index >= 15 is 0 Å². The third kappa shape index (κ3) is 3.57. The predicted molar refractivity (Wildman–Crippen MR) is 117 cm³/mol. The summed E-state index contributed by atoms with van der Waals surface area (Å²) in [5, 5.41) is 2.65. The van der Waals surface area contributed by atoms with Crippen LogP contribution in [0, 0.1) is 5.92 Å². The number of nitrogens with zero attached hydrogens (tertiary/aromatic N) is 2. The number of fused-ring (bicyclic) bond motifs is 4. The molecule has 1 fully saturated rings. The van der Waals surface area contributed by atoms with Crippen molar-refractivity contribution >= 4 is 17.5 Å². The maximum Gasteiger partial charge on any atom is 0.291 e. The number of methoxy groups -OCH3 is 1. The number of amides is 2. The standard InChI is InChI=1S/C24H23N3O5/c1-31-18-6-4-16(5-7-18)23(29)26-12-15-11-17(14-26)20-9-8-19(24(30)27(20)13-15)25-22(28)21-3-2-10-32-21/h2-10,15,17H,11-14H2,1H3,(H,25,28)/t15-,17+/m0/s1. The van der Waals surface area contributed by atoms with E-state index < -0.39 is 5.91 Å². The van der Waals surface area contributed by atoms with Crippen LogP contribution in [0.25, 0.3) is 0 Å². The molecule has 0 unspecified atom stereocenters. The van der Waals surface area contributed by atoms with E-state index in [1.54, 1.807) is 54.1 Å². The van der Waals surface area contributed by atoms with Crippen molar-refractivity contribution in [1.29, 1.82) is 0 Å². The summed E-state index contributed by atoms with van der Waals surface area (Å²) >= 11 is 0. The van der Waals surface area contributed by atoms with E-state index in [1.807, 2.05) is 11.0 Å². The van der Waals surface area contributed by atoms with Gasteiger partial charge >= 0.3 is 0 Å². The summed E-state index contributed by atoms with van der Waals surface area (Å²) in [4.78, 5) is 40.3. The van der Waals surface area contributed by atoms with Gasteiger partial charge < -0.3 is 23.9 Å². The Morgan fingerprint density at radius 1 is 1.06 bits per heavy atom. The maximum atomic E-state index is 13.1. The highest BCUT2D eigenvalue weighted by Crippen LogP contribution is 2.36. The molecule has 2 bridgehead atoms. The number of nitrogens with one attached hydrogen (secondary N) is 1. The maximum absolute atomic E-state index is 13.1. The van der Waals surface area contributed by atoms with Gasteiger partial charge in [-0.1, -0.05) is 0 Å². The number of carbonyl (C=O) groups excluding carboxylic acids is 2. The van der Waals surface area contributed by atoms with Crippen molar-refractivity contribution in [2.45, 2.75) is 18.9 Å². The Morgan fingerprint density at radius 3 is 2.59 bits per heavy atom. The number of aromatic nitrogens is 1. The van der Waals surface area contributed by atoms with Gasteiger partial charge in [0.2, 0.25) is 0 Å². The number of benzene rings is 1. The summed E-state index contributed by atoms with van der Waals surface area (Å²) in [6.45, 7) is 1.66. The molecule has 8 heteroatoms. The Labute approximate surface area is 184 Å². The number of furan rings is 1. The fourth-order valence-corrected chi connectivity index (χ4v) is 4.71. The summed E-state index contributed by atoms with van der Waals surface area (Å²) in [5.41, 5.74) is 1.52. The van der Waals surface area contributed by atoms with Gasteiger partial charge in [-0.05, 0) is 60.9 Å². The molecule has 2 aliphatic rings. The third-order valence-corrected chi connectivity index (χ3v) is 6.22. The minimum Gasteiger partial charge on any atom is -0.497 e. The van der Waals surface area contributed by atoms with E-state index in [2.05, 4.69) is 5.32 Å². The van der Waals surface area contributed by atoms with E-state index in [0.29, 0.717) is 30.9 Å². The minimum absolute atomic E-state index is 0.0134. The number of carbonyl (C=O) groups is 2.